The summed E-state index contributed by atoms with van der Waals surface area (Å²) in [5.41, 5.74) is 0. The first-order valence-electron chi connectivity index (χ1n) is 5.97. The highest BCUT2D eigenvalue weighted by molar-refractivity contribution is 9.10. The summed E-state index contributed by atoms with van der Waals surface area (Å²) in [6.45, 7) is 1.76. The van der Waals surface area contributed by atoms with Crippen molar-refractivity contribution in [3.05, 3.63) is 51.9 Å². The Morgan fingerprint density at radius 2 is 2.30 bits per heavy atom. The van der Waals surface area contributed by atoms with Crippen LogP contribution in [0.5, 0.6) is 5.75 Å². The molecule has 1 aromatic heterocycles. The molecule has 20 heavy (non-hydrogen) atoms. The number of amides is 1. The van der Waals surface area contributed by atoms with Gasteiger partial charge in [-0.3, -0.25) is 4.79 Å². The Balaban J connectivity index is 1.86. The van der Waals surface area contributed by atoms with Crippen LogP contribution < -0.4 is 10.1 Å². The van der Waals surface area contributed by atoms with Crippen LogP contribution in [0.3, 0.4) is 0 Å². The normalized spacial score (nSPS) is 11.9. The minimum Gasteiger partial charge on any atom is -0.483 e. The molecule has 0 fully saturated rings. The Kier molecular flexibility index (Phi) is 5.09. The van der Waals surface area contributed by atoms with Crippen LogP contribution >= 0.6 is 27.5 Å². The van der Waals surface area contributed by atoms with Gasteiger partial charge in [-0.15, -0.1) is 0 Å². The molecule has 0 unspecified atom stereocenters. The van der Waals surface area contributed by atoms with Gasteiger partial charge in [0.05, 0.1) is 16.8 Å². The third kappa shape index (κ3) is 4.02. The molecule has 0 aliphatic carbocycles. The number of hydrogen-bond donors (Lipinski definition) is 1. The first kappa shape index (κ1) is 14.9. The zero-order valence-electron chi connectivity index (χ0n) is 10.7. The van der Waals surface area contributed by atoms with E-state index in [1.165, 1.54) is 0 Å². The predicted molar refractivity (Wildman–Crippen MR) is 79.9 cm³/mol. The molecule has 2 rings (SSSR count). The van der Waals surface area contributed by atoms with E-state index in [0.29, 0.717) is 21.0 Å². The number of carbonyl (C=O) groups excluding carboxylic acids is 1. The molecule has 1 N–H and O–H groups in total. The second-order valence-corrected chi connectivity index (χ2v) is 5.46. The molecular weight excluding hydrogens is 346 g/mol. The highest BCUT2D eigenvalue weighted by Crippen LogP contribution is 2.27. The molecule has 6 heteroatoms. The van der Waals surface area contributed by atoms with E-state index in [1.807, 2.05) is 13.0 Å². The maximum atomic E-state index is 11.8. The van der Waals surface area contributed by atoms with Crippen LogP contribution in [0.25, 0.3) is 0 Å². The van der Waals surface area contributed by atoms with Gasteiger partial charge in [-0.2, -0.15) is 0 Å². The molecule has 2 aromatic rings. The molecular formula is C14H13BrClNO3. The first-order valence-corrected chi connectivity index (χ1v) is 7.14. The number of ether oxygens (including phenoxy) is 1. The van der Waals surface area contributed by atoms with Crippen molar-refractivity contribution in [2.75, 3.05) is 6.61 Å². The van der Waals surface area contributed by atoms with E-state index in [9.17, 15) is 4.79 Å². The summed E-state index contributed by atoms with van der Waals surface area (Å²) in [6.07, 6.45) is 1.57. The van der Waals surface area contributed by atoms with Crippen LogP contribution in [0.1, 0.15) is 18.7 Å². The van der Waals surface area contributed by atoms with Gasteiger partial charge < -0.3 is 14.5 Å². The molecule has 106 valence electrons. The monoisotopic (exact) mass is 357 g/mol. The molecule has 1 amide bonds. The smallest absolute Gasteiger partial charge is 0.258 e. The Morgan fingerprint density at radius 3 is 2.95 bits per heavy atom. The predicted octanol–water partition coefficient (Wildman–Crippen LogP) is 3.95. The molecule has 0 spiro atoms. The number of hydrogen-bond acceptors (Lipinski definition) is 3. The highest BCUT2D eigenvalue weighted by atomic mass is 79.9. The van der Waals surface area contributed by atoms with Crippen LogP contribution in [0.15, 0.2) is 45.5 Å². The fraction of sp³-hybridized carbons (Fsp3) is 0.214. The fourth-order valence-corrected chi connectivity index (χ4v) is 2.42. The van der Waals surface area contributed by atoms with E-state index >= 15 is 0 Å². The molecule has 1 atom stereocenters. The third-order valence-corrected chi connectivity index (χ3v) is 3.45. The number of rotatable bonds is 5. The van der Waals surface area contributed by atoms with Crippen molar-refractivity contribution in [2.24, 2.45) is 0 Å². The molecule has 0 radical (unpaired) electrons. The van der Waals surface area contributed by atoms with Crippen LogP contribution in [-0.2, 0) is 4.79 Å². The molecule has 0 saturated heterocycles. The van der Waals surface area contributed by atoms with Gasteiger partial charge in [-0.05, 0) is 53.2 Å². The quantitative estimate of drug-likeness (QED) is 0.880. The van der Waals surface area contributed by atoms with Crippen molar-refractivity contribution in [1.82, 2.24) is 5.32 Å². The van der Waals surface area contributed by atoms with Gasteiger partial charge in [0, 0.05) is 5.02 Å². The van der Waals surface area contributed by atoms with Crippen molar-refractivity contribution in [3.63, 3.8) is 0 Å². The van der Waals surface area contributed by atoms with Crippen molar-refractivity contribution in [2.45, 2.75) is 13.0 Å². The SMILES string of the molecule is C[C@@H](NC(=O)COc1ccc(Cl)cc1Br)c1ccco1. The van der Waals surface area contributed by atoms with Crippen molar-refractivity contribution in [1.29, 1.82) is 0 Å². The zero-order chi connectivity index (χ0) is 14.5. The lowest BCUT2D eigenvalue weighted by Gasteiger charge is -2.12. The minimum absolute atomic E-state index is 0.0781. The van der Waals surface area contributed by atoms with Crippen LogP contribution in [0, 0.1) is 0 Å². The Hall–Kier alpha value is -1.46. The van der Waals surface area contributed by atoms with E-state index in [2.05, 4.69) is 21.2 Å². The second-order valence-electron chi connectivity index (χ2n) is 4.17. The number of benzene rings is 1. The maximum absolute atomic E-state index is 11.8. The van der Waals surface area contributed by atoms with Crippen LogP contribution in [0.2, 0.25) is 5.02 Å². The summed E-state index contributed by atoms with van der Waals surface area (Å²) >= 11 is 9.15. The van der Waals surface area contributed by atoms with Crippen LogP contribution in [-0.4, -0.2) is 12.5 Å². The number of halogens is 2. The van der Waals surface area contributed by atoms with E-state index in [1.54, 1.807) is 30.5 Å². The number of carbonyl (C=O) groups is 1. The van der Waals surface area contributed by atoms with Gasteiger partial charge in [-0.1, -0.05) is 11.6 Å². The number of nitrogens with one attached hydrogen (secondary N) is 1. The van der Waals surface area contributed by atoms with Crippen LogP contribution in [0.4, 0.5) is 0 Å². The molecule has 4 nitrogen and oxygen atoms in total. The average Bonchev–Trinajstić information content (AvgIpc) is 2.91. The number of furan rings is 1. The van der Waals surface area contributed by atoms with Crippen molar-refractivity contribution in [3.8, 4) is 5.75 Å². The first-order chi connectivity index (χ1) is 9.56. The van der Waals surface area contributed by atoms with E-state index < -0.39 is 0 Å². The van der Waals surface area contributed by atoms with E-state index in [0.717, 1.165) is 0 Å². The van der Waals surface area contributed by atoms with E-state index in [-0.39, 0.29) is 18.6 Å². The lowest BCUT2D eigenvalue weighted by Crippen LogP contribution is -2.31. The molecule has 1 heterocycles. The summed E-state index contributed by atoms with van der Waals surface area (Å²) in [5, 5.41) is 3.38. The summed E-state index contributed by atoms with van der Waals surface area (Å²) < 4.78 is 11.3. The Labute approximate surface area is 130 Å². The molecule has 0 aliphatic heterocycles. The Morgan fingerprint density at radius 1 is 1.50 bits per heavy atom. The molecule has 1 aromatic carbocycles. The maximum Gasteiger partial charge on any atom is 0.258 e. The topological polar surface area (TPSA) is 51.5 Å². The lowest BCUT2D eigenvalue weighted by atomic mass is 10.2. The molecule has 0 aliphatic rings. The van der Waals surface area contributed by atoms with Gasteiger partial charge in [0.15, 0.2) is 6.61 Å². The van der Waals surface area contributed by atoms with Gasteiger partial charge >= 0.3 is 0 Å². The zero-order valence-corrected chi connectivity index (χ0v) is 13.1. The fourth-order valence-electron chi connectivity index (χ4n) is 1.63. The van der Waals surface area contributed by atoms with Crippen molar-refractivity contribution >= 4 is 33.4 Å². The van der Waals surface area contributed by atoms with Gasteiger partial charge in [0.25, 0.3) is 5.91 Å². The van der Waals surface area contributed by atoms with E-state index in [4.69, 9.17) is 20.8 Å². The van der Waals surface area contributed by atoms with Crippen molar-refractivity contribution < 1.29 is 13.9 Å². The van der Waals surface area contributed by atoms with Gasteiger partial charge in [-0.25, -0.2) is 0 Å². The standard InChI is InChI=1S/C14H13BrClNO3/c1-9(12-3-2-6-19-12)17-14(18)8-20-13-5-4-10(16)7-11(13)15/h2-7,9H,8H2,1H3,(H,17,18)/t9-/m1/s1. The Bertz CT molecular complexity index is 586. The molecule has 0 bridgehead atoms. The third-order valence-electron chi connectivity index (χ3n) is 2.60. The lowest BCUT2D eigenvalue weighted by molar-refractivity contribution is -0.123. The second kappa shape index (κ2) is 6.81. The summed E-state index contributed by atoms with van der Waals surface area (Å²) in [4.78, 5) is 11.8. The highest BCUT2D eigenvalue weighted by Gasteiger charge is 2.12. The molecule has 0 saturated carbocycles. The van der Waals surface area contributed by atoms with Gasteiger partial charge in [0.2, 0.25) is 0 Å². The summed E-state index contributed by atoms with van der Waals surface area (Å²) in [6, 6.07) is 8.50. The largest absolute Gasteiger partial charge is 0.483 e. The average molecular weight is 359 g/mol. The van der Waals surface area contributed by atoms with Gasteiger partial charge in [0.1, 0.15) is 11.5 Å². The summed E-state index contributed by atoms with van der Waals surface area (Å²) in [5.74, 6) is 1.04. The minimum atomic E-state index is -0.226. The summed E-state index contributed by atoms with van der Waals surface area (Å²) in [7, 11) is 0.